The van der Waals surface area contributed by atoms with Gasteiger partial charge in [-0.2, -0.15) is 0 Å². The van der Waals surface area contributed by atoms with E-state index in [1.807, 2.05) is 30.3 Å². The number of epoxide rings is 1. The molecule has 0 radical (unpaired) electrons. The summed E-state index contributed by atoms with van der Waals surface area (Å²) in [5, 5.41) is 0. The lowest BCUT2D eigenvalue weighted by Gasteiger charge is -2.04. The molecule has 0 N–H and O–H groups in total. The molecule has 1 heterocycles. The fourth-order valence-electron chi connectivity index (χ4n) is 1.62. The third-order valence-electron chi connectivity index (χ3n) is 2.53. The van der Waals surface area contributed by atoms with Gasteiger partial charge in [0.1, 0.15) is 12.4 Å². The van der Waals surface area contributed by atoms with Gasteiger partial charge in [0.05, 0.1) is 0 Å². The maximum atomic E-state index is 5.49. The van der Waals surface area contributed by atoms with Crippen LogP contribution in [-0.2, 0) is 4.74 Å². The first-order valence-corrected chi connectivity index (χ1v) is 5.35. The van der Waals surface area contributed by atoms with E-state index in [4.69, 9.17) is 9.47 Å². The van der Waals surface area contributed by atoms with Gasteiger partial charge in [0.15, 0.2) is 0 Å². The molecule has 1 aliphatic heterocycles. The second-order valence-electron chi connectivity index (χ2n) is 3.77. The zero-order valence-corrected chi connectivity index (χ0v) is 8.80. The minimum absolute atomic E-state index is 0.0254. The first-order valence-electron chi connectivity index (χ1n) is 5.35. The zero-order valence-electron chi connectivity index (χ0n) is 8.80. The summed E-state index contributed by atoms with van der Waals surface area (Å²) in [4.78, 5) is 0. The smallest absolute Gasteiger partial charge is 0.223 e. The van der Waals surface area contributed by atoms with Gasteiger partial charge in [0, 0.05) is 0 Å². The van der Waals surface area contributed by atoms with Crippen LogP contribution in [0.5, 0.6) is 5.75 Å². The van der Waals surface area contributed by atoms with Gasteiger partial charge in [-0.25, -0.2) is 0 Å². The van der Waals surface area contributed by atoms with Crippen molar-refractivity contribution >= 4 is 0 Å². The van der Waals surface area contributed by atoms with Gasteiger partial charge in [-0.3, -0.25) is 0 Å². The second kappa shape index (κ2) is 3.99. The van der Waals surface area contributed by atoms with E-state index in [0.29, 0.717) is 6.61 Å². The summed E-state index contributed by atoms with van der Waals surface area (Å²) in [7, 11) is 0. The standard InChI is InChI=1S/C14H12O2/c1-2-4-11(5-3-1)12-6-8-13(9-7-12)16-14-10-15-14/h1-9,14H,10H2. The van der Waals surface area contributed by atoms with E-state index < -0.39 is 0 Å². The number of hydrogen-bond acceptors (Lipinski definition) is 2. The molecule has 0 saturated carbocycles. The van der Waals surface area contributed by atoms with Gasteiger partial charge < -0.3 is 9.47 Å². The Morgan fingerprint density at radius 2 is 1.50 bits per heavy atom. The Balaban J connectivity index is 1.81. The molecule has 3 rings (SSSR count). The fourth-order valence-corrected chi connectivity index (χ4v) is 1.62. The molecule has 0 spiro atoms. The van der Waals surface area contributed by atoms with Crippen LogP contribution in [0.25, 0.3) is 11.1 Å². The lowest BCUT2D eigenvalue weighted by Crippen LogP contribution is -1.97. The van der Waals surface area contributed by atoms with Crippen molar-refractivity contribution in [3.05, 3.63) is 54.6 Å². The SMILES string of the molecule is c1ccc(-c2ccc(OC3CO3)cc2)cc1. The highest BCUT2D eigenvalue weighted by molar-refractivity contribution is 5.63. The largest absolute Gasteiger partial charge is 0.462 e. The summed E-state index contributed by atoms with van der Waals surface area (Å²) in [6.07, 6.45) is -0.0254. The number of benzene rings is 2. The van der Waals surface area contributed by atoms with Crippen LogP contribution in [-0.4, -0.2) is 12.9 Å². The molecule has 2 aromatic rings. The third-order valence-corrected chi connectivity index (χ3v) is 2.53. The van der Waals surface area contributed by atoms with E-state index >= 15 is 0 Å². The molecule has 1 atom stereocenters. The Kier molecular flexibility index (Phi) is 2.35. The molecular weight excluding hydrogens is 200 g/mol. The number of hydrogen-bond donors (Lipinski definition) is 0. The summed E-state index contributed by atoms with van der Waals surface area (Å²) in [5.41, 5.74) is 2.42. The monoisotopic (exact) mass is 212 g/mol. The summed E-state index contributed by atoms with van der Waals surface area (Å²) in [5.74, 6) is 0.863. The average Bonchev–Trinajstić information content (AvgIpc) is 3.15. The molecule has 0 bridgehead atoms. The van der Waals surface area contributed by atoms with Crippen molar-refractivity contribution in [2.24, 2.45) is 0 Å². The molecule has 1 saturated heterocycles. The molecule has 1 unspecified atom stereocenters. The van der Waals surface area contributed by atoms with Crippen molar-refractivity contribution in [2.45, 2.75) is 6.29 Å². The molecule has 0 amide bonds. The Labute approximate surface area is 94.4 Å². The lowest BCUT2D eigenvalue weighted by atomic mass is 10.1. The number of rotatable bonds is 3. The van der Waals surface area contributed by atoms with Crippen LogP contribution in [0.1, 0.15) is 0 Å². The maximum absolute atomic E-state index is 5.49. The summed E-state index contributed by atoms with van der Waals surface area (Å²) >= 11 is 0. The quantitative estimate of drug-likeness (QED) is 0.729. The van der Waals surface area contributed by atoms with Gasteiger partial charge in [-0.1, -0.05) is 42.5 Å². The zero-order chi connectivity index (χ0) is 10.8. The molecule has 2 heteroatoms. The minimum Gasteiger partial charge on any atom is -0.462 e. The van der Waals surface area contributed by atoms with Crippen LogP contribution in [0, 0.1) is 0 Å². The fraction of sp³-hybridized carbons (Fsp3) is 0.143. The van der Waals surface area contributed by atoms with E-state index in [1.165, 1.54) is 11.1 Å². The molecule has 80 valence electrons. The summed E-state index contributed by atoms with van der Waals surface area (Å²) in [6.45, 7) is 0.709. The van der Waals surface area contributed by atoms with Crippen molar-refractivity contribution in [1.29, 1.82) is 0 Å². The van der Waals surface area contributed by atoms with Crippen LogP contribution < -0.4 is 4.74 Å². The lowest BCUT2D eigenvalue weighted by molar-refractivity contribution is 0.179. The Morgan fingerprint density at radius 3 is 2.12 bits per heavy atom. The van der Waals surface area contributed by atoms with E-state index in [2.05, 4.69) is 24.3 Å². The van der Waals surface area contributed by atoms with E-state index in [9.17, 15) is 0 Å². The Hall–Kier alpha value is -1.80. The highest BCUT2D eigenvalue weighted by atomic mass is 16.8. The molecule has 1 fully saturated rings. The van der Waals surface area contributed by atoms with Crippen LogP contribution in [0.3, 0.4) is 0 Å². The Morgan fingerprint density at radius 1 is 0.875 bits per heavy atom. The molecule has 2 aromatic carbocycles. The summed E-state index contributed by atoms with van der Waals surface area (Å²) in [6, 6.07) is 18.4. The van der Waals surface area contributed by atoms with Gasteiger partial charge in [0.2, 0.25) is 6.29 Å². The molecule has 0 aliphatic carbocycles. The predicted octanol–water partition coefficient (Wildman–Crippen LogP) is 3.09. The van der Waals surface area contributed by atoms with Crippen molar-refractivity contribution in [3.63, 3.8) is 0 Å². The minimum atomic E-state index is -0.0254. The normalized spacial score (nSPS) is 18.1. The molecule has 16 heavy (non-hydrogen) atoms. The van der Waals surface area contributed by atoms with Crippen LogP contribution in [0.15, 0.2) is 54.6 Å². The highest BCUT2D eigenvalue weighted by Gasteiger charge is 2.24. The van der Waals surface area contributed by atoms with Gasteiger partial charge >= 0.3 is 0 Å². The van der Waals surface area contributed by atoms with Gasteiger partial charge in [0.25, 0.3) is 0 Å². The number of ether oxygens (including phenoxy) is 2. The molecule has 1 aliphatic rings. The molecule has 0 aromatic heterocycles. The maximum Gasteiger partial charge on any atom is 0.223 e. The van der Waals surface area contributed by atoms with Gasteiger partial charge in [-0.15, -0.1) is 0 Å². The topological polar surface area (TPSA) is 21.8 Å². The van der Waals surface area contributed by atoms with Crippen molar-refractivity contribution < 1.29 is 9.47 Å². The van der Waals surface area contributed by atoms with Crippen LogP contribution >= 0.6 is 0 Å². The van der Waals surface area contributed by atoms with Crippen molar-refractivity contribution in [1.82, 2.24) is 0 Å². The van der Waals surface area contributed by atoms with Crippen LogP contribution in [0.2, 0.25) is 0 Å². The van der Waals surface area contributed by atoms with E-state index in [-0.39, 0.29) is 6.29 Å². The summed E-state index contributed by atoms with van der Waals surface area (Å²) < 4.78 is 10.5. The molecular formula is C14H12O2. The second-order valence-corrected chi connectivity index (χ2v) is 3.77. The third kappa shape index (κ3) is 2.07. The first kappa shape index (κ1) is 9.43. The highest BCUT2D eigenvalue weighted by Crippen LogP contribution is 2.24. The van der Waals surface area contributed by atoms with Crippen LogP contribution in [0.4, 0.5) is 0 Å². The van der Waals surface area contributed by atoms with E-state index in [0.717, 1.165) is 5.75 Å². The molecule has 2 nitrogen and oxygen atoms in total. The average molecular weight is 212 g/mol. The van der Waals surface area contributed by atoms with Crippen molar-refractivity contribution in [2.75, 3.05) is 6.61 Å². The van der Waals surface area contributed by atoms with Gasteiger partial charge in [-0.05, 0) is 23.3 Å². The van der Waals surface area contributed by atoms with E-state index in [1.54, 1.807) is 0 Å². The predicted molar refractivity (Wildman–Crippen MR) is 62.2 cm³/mol. The first-order chi connectivity index (χ1) is 7.92. The Bertz CT molecular complexity index is 458. The van der Waals surface area contributed by atoms with Crippen molar-refractivity contribution in [3.8, 4) is 16.9 Å².